The van der Waals surface area contributed by atoms with Crippen molar-refractivity contribution < 1.29 is 18.7 Å². The third-order valence-corrected chi connectivity index (χ3v) is 6.11. The number of halogens is 1. The SMILES string of the molecule is O=C(NCc1ccccc1F)C1C2C=CC3(CN(Cc4ccccc4)C(=O)C13)O2. The molecule has 2 saturated heterocycles. The summed E-state index contributed by atoms with van der Waals surface area (Å²) >= 11 is 0. The van der Waals surface area contributed by atoms with Crippen molar-refractivity contribution in [2.75, 3.05) is 6.54 Å². The zero-order chi connectivity index (χ0) is 20.0. The highest BCUT2D eigenvalue weighted by Gasteiger charge is 2.66. The third kappa shape index (κ3) is 2.95. The van der Waals surface area contributed by atoms with E-state index in [4.69, 9.17) is 4.74 Å². The lowest BCUT2D eigenvalue weighted by atomic mass is 9.77. The molecule has 2 aromatic carbocycles. The Morgan fingerprint density at radius 1 is 1.17 bits per heavy atom. The van der Waals surface area contributed by atoms with Gasteiger partial charge in [0.1, 0.15) is 11.4 Å². The Bertz CT molecular complexity index is 993. The van der Waals surface area contributed by atoms with Crippen LogP contribution in [0.3, 0.4) is 0 Å². The standard InChI is InChI=1S/C23H21FN2O3/c24-17-9-5-4-8-16(17)12-25-21(27)19-18-10-11-23(29-18)14-26(22(28)20(19)23)13-15-6-2-1-3-7-15/h1-11,18-20H,12-14H2,(H,25,27). The number of carbonyl (C=O) groups is 2. The number of rotatable bonds is 5. The van der Waals surface area contributed by atoms with Gasteiger partial charge in [0.25, 0.3) is 0 Å². The number of nitrogens with one attached hydrogen (secondary N) is 1. The molecule has 3 heterocycles. The van der Waals surface area contributed by atoms with E-state index in [1.54, 1.807) is 23.1 Å². The monoisotopic (exact) mass is 392 g/mol. The molecule has 0 aliphatic carbocycles. The largest absolute Gasteiger partial charge is 0.360 e. The lowest BCUT2D eigenvalue weighted by Crippen LogP contribution is -2.44. The van der Waals surface area contributed by atoms with Crippen LogP contribution < -0.4 is 5.32 Å². The van der Waals surface area contributed by atoms with E-state index in [2.05, 4.69) is 5.32 Å². The van der Waals surface area contributed by atoms with E-state index in [1.165, 1.54) is 6.07 Å². The fraction of sp³-hybridized carbons (Fsp3) is 0.304. The maximum atomic E-state index is 13.9. The molecule has 3 aliphatic heterocycles. The van der Waals surface area contributed by atoms with Crippen molar-refractivity contribution in [3.05, 3.63) is 83.7 Å². The Morgan fingerprint density at radius 2 is 1.93 bits per heavy atom. The Morgan fingerprint density at radius 3 is 2.72 bits per heavy atom. The van der Waals surface area contributed by atoms with Gasteiger partial charge in [0.15, 0.2) is 0 Å². The maximum absolute atomic E-state index is 13.9. The van der Waals surface area contributed by atoms with Crippen LogP contribution in [0.2, 0.25) is 0 Å². The van der Waals surface area contributed by atoms with Crippen LogP contribution in [-0.2, 0) is 27.4 Å². The van der Waals surface area contributed by atoms with Crippen molar-refractivity contribution in [2.45, 2.75) is 24.8 Å². The number of benzene rings is 2. The molecule has 148 valence electrons. The Labute approximate surface area is 168 Å². The van der Waals surface area contributed by atoms with Gasteiger partial charge < -0.3 is 15.0 Å². The molecule has 2 bridgehead atoms. The molecular weight excluding hydrogens is 371 g/mol. The second-order valence-corrected chi connectivity index (χ2v) is 7.89. The lowest BCUT2D eigenvalue weighted by Gasteiger charge is -2.23. The first kappa shape index (κ1) is 18.1. The van der Waals surface area contributed by atoms with E-state index < -0.39 is 23.5 Å². The molecular formula is C23H21FN2O3. The fourth-order valence-electron chi connectivity index (χ4n) is 4.76. The lowest BCUT2D eigenvalue weighted by molar-refractivity contribution is -0.137. The number of nitrogens with zero attached hydrogens (tertiary/aromatic N) is 1. The summed E-state index contributed by atoms with van der Waals surface area (Å²) in [7, 11) is 0. The Balaban J connectivity index is 1.33. The molecule has 3 aliphatic rings. The topological polar surface area (TPSA) is 58.6 Å². The van der Waals surface area contributed by atoms with E-state index in [1.807, 2.05) is 42.5 Å². The molecule has 2 fully saturated rings. The van der Waals surface area contributed by atoms with Crippen molar-refractivity contribution in [3.8, 4) is 0 Å². The van der Waals surface area contributed by atoms with E-state index in [0.717, 1.165) is 5.56 Å². The quantitative estimate of drug-likeness (QED) is 0.795. The zero-order valence-electron chi connectivity index (χ0n) is 15.8. The Hall–Kier alpha value is -2.99. The van der Waals surface area contributed by atoms with Crippen molar-refractivity contribution >= 4 is 11.8 Å². The fourth-order valence-corrected chi connectivity index (χ4v) is 4.76. The van der Waals surface area contributed by atoms with Crippen LogP contribution in [0.1, 0.15) is 11.1 Å². The van der Waals surface area contributed by atoms with Crippen molar-refractivity contribution in [1.29, 1.82) is 0 Å². The summed E-state index contributed by atoms with van der Waals surface area (Å²) in [6.45, 7) is 1.01. The van der Waals surface area contributed by atoms with Gasteiger partial charge in [-0.2, -0.15) is 0 Å². The summed E-state index contributed by atoms with van der Waals surface area (Å²) < 4.78 is 20.0. The van der Waals surface area contributed by atoms with E-state index in [9.17, 15) is 14.0 Å². The average molecular weight is 392 g/mol. The first-order valence-corrected chi connectivity index (χ1v) is 9.78. The highest BCUT2D eigenvalue weighted by Crippen LogP contribution is 2.52. The van der Waals surface area contributed by atoms with Crippen LogP contribution in [0.5, 0.6) is 0 Å². The molecule has 2 aromatic rings. The van der Waals surface area contributed by atoms with Crippen molar-refractivity contribution in [3.63, 3.8) is 0 Å². The number of hydrogen-bond acceptors (Lipinski definition) is 3. The van der Waals surface area contributed by atoms with Crippen LogP contribution in [-0.4, -0.2) is 35.0 Å². The molecule has 5 rings (SSSR count). The van der Waals surface area contributed by atoms with Crippen molar-refractivity contribution in [2.24, 2.45) is 11.8 Å². The highest BCUT2D eigenvalue weighted by molar-refractivity contribution is 5.93. The molecule has 0 radical (unpaired) electrons. The van der Waals surface area contributed by atoms with Crippen LogP contribution in [0.25, 0.3) is 0 Å². The summed E-state index contributed by atoms with van der Waals surface area (Å²) in [6, 6.07) is 16.1. The van der Waals surface area contributed by atoms with Gasteiger partial charge in [-0.25, -0.2) is 4.39 Å². The molecule has 0 aromatic heterocycles. The molecule has 2 amide bonds. The molecule has 4 atom stereocenters. The van der Waals surface area contributed by atoms with Crippen LogP contribution in [0, 0.1) is 17.7 Å². The Kier molecular flexibility index (Phi) is 4.24. The van der Waals surface area contributed by atoms with E-state index >= 15 is 0 Å². The summed E-state index contributed by atoms with van der Waals surface area (Å²) in [4.78, 5) is 27.9. The van der Waals surface area contributed by atoms with Crippen LogP contribution in [0.4, 0.5) is 4.39 Å². The molecule has 29 heavy (non-hydrogen) atoms. The number of likely N-dealkylation sites (tertiary alicyclic amines) is 1. The van der Waals surface area contributed by atoms with Gasteiger partial charge >= 0.3 is 0 Å². The van der Waals surface area contributed by atoms with Gasteiger partial charge in [-0.1, -0.05) is 60.7 Å². The van der Waals surface area contributed by atoms with Gasteiger partial charge in [-0.05, 0) is 11.6 Å². The normalized spacial score (nSPS) is 29.3. The number of carbonyl (C=O) groups excluding carboxylic acids is 2. The molecule has 1 spiro atoms. The number of fused-ring (bicyclic) bond motifs is 1. The molecule has 6 heteroatoms. The number of amides is 2. The summed E-state index contributed by atoms with van der Waals surface area (Å²) in [5.41, 5.74) is 0.714. The molecule has 0 saturated carbocycles. The first-order chi connectivity index (χ1) is 14.1. The van der Waals surface area contributed by atoms with Gasteiger partial charge in [0, 0.05) is 18.7 Å². The number of ether oxygens (including phenoxy) is 1. The predicted octanol–water partition coefficient (Wildman–Crippen LogP) is 2.42. The summed E-state index contributed by atoms with van der Waals surface area (Å²) in [5.74, 6) is -1.84. The molecule has 4 unspecified atom stereocenters. The number of hydrogen-bond donors (Lipinski definition) is 1. The minimum Gasteiger partial charge on any atom is -0.360 e. The minimum absolute atomic E-state index is 0.0632. The first-order valence-electron chi connectivity index (χ1n) is 9.78. The minimum atomic E-state index is -0.740. The van der Waals surface area contributed by atoms with E-state index in [0.29, 0.717) is 18.7 Å². The van der Waals surface area contributed by atoms with Gasteiger partial charge in [0.05, 0.1) is 24.5 Å². The van der Waals surface area contributed by atoms with Crippen LogP contribution in [0.15, 0.2) is 66.7 Å². The third-order valence-electron chi connectivity index (χ3n) is 6.11. The van der Waals surface area contributed by atoms with Gasteiger partial charge in [-0.3, -0.25) is 9.59 Å². The maximum Gasteiger partial charge on any atom is 0.230 e. The van der Waals surface area contributed by atoms with Crippen molar-refractivity contribution in [1.82, 2.24) is 10.2 Å². The van der Waals surface area contributed by atoms with Gasteiger partial charge in [-0.15, -0.1) is 0 Å². The predicted molar refractivity (Wildman–Crippen MR) is 104 cm³/mol. The van der Waals surface area contributed by atoms with E-state index in [-0.39, 0.29) is 24.2 Å². The summed E-state index contributed by atoms with van der Waals surface area (Å²) in [5, 5.41) is 2.80. The van der Waals surface area contributed by atoms with Gasteiger partial charge in [0.2, 0.25) is 11.8 Å². The summed E-state index contributed by atoms with van der Waals surface area (Å²) in [6.07, 6.45) is 3.40. The molecule has 5 nitrogen and oxygen atoms in total. The second-order valence-electron chi connectivity index (χ2n) is 7.89. The highest BCUT2D eigenvalue weighted by atomic mass is 19.1. The average Bonchev–Trinajstić information content (AvgIpc) is 3.36. The molecule has 1 N–H and O–H groups in total. The van der Waals surface area contributed by atoms with Crippen LogP contribution >= 0.6 is 0 Å². The second kappa shape index (κ2) is 6.81. The smallest absolute Gasteiger partial charge is 0.230 e. The zero-order valence-corrected chi connectivity index (χ0v) is 15.8.